The number of esters is 1. The van der Waals surface area contributed by atoms with Crippen molar-refractivity contribution in [1.82, 2.24) is 9.88 Å². The minimum absolute atomic E-state index is 0.0813. The summed E-state index contributed by atoms with van der Waals surface area (Å²) in [4.78, 5) is 43.0. The zero-order valence-corrected chi connectivity index (χ0v) is 20.8. The van der Waals surface area contributed by atoms with Crippen LogP contribution >= 0.6 is 11.3 Å². The average molecular weight is 497 g/mol. The van der Waals surface area contributed by atoms with E-state index in [2.05, 4.69) is 16.4 Å². The highest BCUT2D eigenvalue weighted by molar-refractivity contribution is 7.16. The van der Waals surface area contributed by atoms with Crippen molar-refractivity contribution in [2.75, 3.05) is 25.6 Å². The molecule has 2 atom stereocenters. The molecule has 9 nitrogen and oxygen atoms in total. The molecule has 2 amide bonds. The second kappa shape index (κ2) is 12.1. The highest BCUT2D eigenvalue weighted by atomic mass is 32.1. The lowest BCUT2D eigenvalue weighted by Gasteiger charge is -2.27. The minimum Gasteiger partial charge on any atom is -0.467 e. The second-order valence-corrected chi connectivity index (χ2v) is 9.20. The third kappa shape index (κ3) is 6.45. The van der Waals surface area contributed by atoms with Gasteiger partial charge in [-0.2, -0.15) is 5.26 Å². The molecule has 1 aliphatic rings. The van der Waals surface area contributed by atoms with E-state index < -0.39 is 18.1 Å². The number of amides is 2. The summed E-state index contributed by atoms with van der Waals surface area (Å²) in [7, 11) is 1.28. The summed E-state index contributed by atoms with van der Waals surface area (Å²) in [6.07, 6.45) is 7.87. The first kappa shape index (κ1) is 25.9. The molecule has 2 heterocycles. The van der Waals surface area contributed by atoms with E-state index in [4.69, 9.17) is 9.47 Å². The van der Waals surface area contributed by atoms with Crippen LogP contribution in [0.15, 0.2) is 30.6 Å². The third-order valence-electron chi connectivity index (χ3n) is 5.85. The fourth-order valence-corrected chi connectivity index (χ4v) is 5.25. The van der Waals surface area contributed by atoms with Crippen molar-refractivity contribution in [1.29, 1.82) is 5.26 Å². The number of aromatic nitrogens is 1. The van der Waals surface area contributed by atoms with E-state index in [-0.39, 0.29) is 18.4 Å². The Morgan fingerprint density at radius 2 is 2.23 bits per heavy atom. The average Bonchev–Trinajstić information content (AvgIpc) is 3.22. The van der Waals surface area contributed by atoms with Gasteiger partial charge in [-0.05, 0) is 62.3 Å². The summed E-state index contributed by atoms with van der Waals surface area (Å²) in [5.74, 6) is -0.745. The number of ether oxygens (including phenoxy) is 2. The highest BCUT2D eigenvalue weighted by Crippen LogP contribution is 2.39. The van der Waals surface area contributed by atoms with Crippen molar-refractivity contribution in [3.8, 4) is 6.07 Å². The van der Waals surface area contributed by atoms with Crippen molar-refractivity contribution in [3.63, 3.8) is 0 Å². The summed E-state index contributed by atoms with van der Waals surface area (Å²) in [5.41, 5.74) is 2.24. The molecule has 0 spiro atoms. The van der Waals surface area contributed by atoms with Crippen molar-refractivity contribution < 1.29 is 23.9 Å². The number of carbonyl (C=O) groups is 3. The predicted molar refractivity (Wildman–Crippen MR) is 132 cm³/mol. The fraction of sp³-hybridized carbons (Fsp3) is 0.400. The van der Waals surface area contributed by atoms with Crippen molar-refractivity contribution in [2.24, 2.45) is 5.92 Å². The molecule has 10 heteroatoms. The molecule has 3 rings (SSSR count). The number of methoxy groups -OCH3 is 1. The summed E-state index contributed by atoms with van der Waals surface area (Å²) in [6.45, 7) is 3.89. The molecule has 2 aromatic rings. The van der Waals surface area contributed by atoms with Gasteiger partial charge < -0.3 is 14.8 Å². The van der Waals surface area contributed by atoms with E-state index in [9.17, 15) is 19.6 Å². The fourth-order valence-electron chi connectivity index (χ4n) is 3.93. The highest BCUT2D eigenvalue weighted by Gasteiger charge is 2.30. The molecule has 2 aromatic heterocycles. The molecule has 0 aliphatic heterocycles. The number of carbonyl (C=O) groups excluding carboxylic acids is 3. The molecule has 1 aliphatic carbocycles. The Kier molecular flexibility index (Phi) is 8.98. The second-order valence-electron chi connectivity index (χ2n) is 8.10. The number of pyridine rings is 1. The standard InChI is InChI=1S/C25H28N4O5S/c1-4-29(16(2)24(31)33-3)25(32)34-15-18-7-9-19-20(13-26)23(35-21(19)12-18)28-22(30)10-8-17-6-5-11-27-14-17/h5-6,8,10-11,14,16,18H,4,7,9,12,15H2,1-3H3,(H,28,30)/b10-8+. The van der Waals surface area contributed by atoms with Crippen LogP contribution in [0.2, 0.25) is 0 Å². The zero-order valence-electron chi connectivity index (χ0n) is 19.9. The van der Waals surface area contributed by atoms with E-state index >= 15 is 0 Å². The molecular formula is C25H28N4O5S. The van der Waals surface area contributed by atoms with E-state index in [0.29, 0.717) is 30.0 Å². The number of fused-ring (bicyclic) bond motifs is 1. The predicted octanol–water partition coefficient (Wildman–Crippen LogP) is 3.79. The molecule has 1 N–H and O–H groups in total. The Hall–Kier alpha value is -3.71. The first-order valence-electron chi connectivity index (χ1n) is 11.3. The summed E-state index contributed by atoms with van der Waals surface area (Å²) >= 11 is 1.38. The molecule has 184 valence electrons. The number of nitrogens with zero attached hydrogens (tertiary/aromatic N) is 3. The van der Waals surface area contributed by atoms with Gasteiger partial charge in [-0.1, -0.05) is 6.07 Å². The molecule has 0 fully saturated rings. The lowest BCUT2D eigenvalue weighted by molar-refractivity contribution is -0.145. The Morgan fingerprint density at radius 3 is 2.89 bits per heavy atom. The van der Waals surface area contributed by atoms with Crippen LogP contribution in [0.3, 0.4) is 0 Å². The topological polar surface area (TPSA) is 122 Å². The number of rotatable bonds is 8. The molecule has 2 unspecified atom stereocenters. The Morgan fingerprint density at radius 1 is 1.43 bits per heavy atom. The van der Waals surface area contributed by atoms with E-state index in [1.54, 1.807) is 38.4 Å². The minimum atomic E-state index is -0.732. The van der Waals surface area contributed by atoms with Gasteiger partial charge in [0.15, 0.2) is 0 Å². The van der Waals surface area contributed by atoms with Crippen LogP contribution in [0.1, 0.15) is 41.8 Å². The molecule has 0 saturated carbocycles. The van der Waals surface area contributed by atoms with Crippen molar-refractivity contribution in [2.45, 2.75) is 39.2 Å². The summed E-state index contributed by atoms with van der Waals surface area (Å²) in [6, 6.07) is 5.11. The maximum atomic E-state index is 12.5. The van der Waals surface area contributed by atoms with Gasteiger partial charge in [0.1, 0.15) is 17.1 Å². The summed E-state index contributed by atoms with van der Waals surface area (Å²) < 4.78 is 10.2. The normalized spacial score (nSPS) is 15.5. The van der Waals surface area contributed by atoms with Crippen LogP contribution in [0.4, 0.5) is 9.80 Å². The molecule has 35 heavy (non-hydrogen) atoms. The third-order valence-corrected chi connectivity index (χ3v) is 7.02. The maximum absolute atomic E-state index is 12.5. The number of likely N-dealkylation sites (N-methyl/N-ethyl adjacent to an activating group) is 1. The van der Waals surface area contributed by atoms with Crippen molar-refractivity contribution in [3.05, 3.63) is 52.2 Å². The summed E-state index contributed by atoms with van der Waals surface area (Å²) in [5, 5.41) is 13.0. The monoisotopic (exact) mass is 496 g/mol. The Bertz CT molecular complexity index is 1140. The lowest BCUT2D eigenvalue weighted by Crippen LogP contribution is -2.44. The van der Waals surface area contributed by atoms with Gasteiger partial charge in [0.25, 0.3) is 0 Å². The van der Waals surface area contributed by atoms with Gasteiger partial charge in [0.2, 0.25) is 5.91 Å². The number of thiophene rings is 1. The number of nitrogens with one attached hydrogen (secondary N) is 1. The first-order valence-corrected chi connectivity index (χ1v) is 12.1. The number of hydrogen-bond acceptors (Lipinski definition) is 8. The van der Waals surface area contributed by atoms with E-state index in [0.717, 1.165) is 22.4 Å². The van der Waals surface area contributed by atoms with E-state index in [1.165, 1.54) is 29.4 Å². The molecular weight excluding hydrogens is 468 g/mol. The first-order chi connectivity index (χ1) is 16.9. The SMILES string of the molecule is CCN(C(=O)OCC1CCc2c(sc(NC(=O)/C=C/c3cccnc3)c2C#N)C1)C(C)C(=O)OC. The van der Waals surface area contributed by atoms with E-state index in [1.807, 2.05) is 6.07 Å². The van der Waals surface area contributed by atoms with Gasteiger partial charge >= 0.3 is 12.1 Å². The quantitative estimate of drug-likeness (QED) is 0.436. The molecule has 0 bridgehead atoms. The van der Waals surface area contributed by atoms with Gasteiger partial charge in [-0.15, -0.1) is 11.3 Å². The lowest BCUT2D eigenvalue weighted by atomic mass is 9.88. The smallest absolute Gasteiger partial charge is 0.410 e. The van der Waals surface area contributed by atoms with Gasteiger partial charge in [0.05, 0.1) is 19.3 Å². The molecule has 0 aromatic carbocycles. The largest absolute Gasteiger partial charge is 0.467 e. The van der Waals surface area contributed by atoms with Crippen LogP contribution in [-0.2, 0) is 31.9 Å². The zero-order chi connectivity index (χ0) is 25.4. The molecule has 0 radical (unpaired) electrons. The Labute approximate surface area is 208 Å². The van der Waals surface area contributed by atoms with Crippen LogP contribution in [0.25, 0.3) is 6.08 Å². The maximum Gasteiger partial charge on any atom is 0.410 e. The van der Waals surface area contributed by atoms with Crippen LogP contribution in [0, 0.1) is 17.2 Å². The number of anilines is 1. The van der Waals surface area contributed by atoms with Crippen LogP contribution in [0.5, 0.6) is 0 Å². The number of nitriles is 1. The van der Waals surface area contributed by atoms with Crippen molar-refractivity contribution >= 4 is 40.4 Å². The van der Waals surface area contributed by atoms with Crippen LogP contribution in [-0.4, -0.2) is 54.2 Å². The van der Waals surface area contributed by atoms with Gasteiger partial charge in [-0.25, -0.2) is 9.59 Å². The van der Waals surface area contributed by atoms with Gasteiger partial charge in [-0.3, -0.25) is 14.7 Å². The molecule has 0 saturated heterocycles. The number of hydrogen-bond donors (Lipinski definition) is 1. The van der Waals surface area contributed by atoms with Gasteiger partial charge in [0, 0.05) is 29.9 Å². The van der Waals surface area contributed by atoms with Crippen LogP contribution < -0.4 is 5.32 Å². The Balaban J connectivity index is 1.61.